The van der Waals surface area contributed by atoms with Gasteiger partial charge in [0.25, 0.3) is 5.69 Å². The van der Waals surface area contributed by atoms with Gasteiger partial charge in [-0.1, -0.05) is 0 Å². The molecule has 0 bridgehead atoms. The number of carbonyl (C=O) groups excluding carboxylic acids is 2. The van der Waals surface area contributed by atoms with Crippen LogP contribution in [0.15, 0.2) is 35.4 Å². The molecular formula is C23H23N5O8. The summed E-state index contributed by atoms with van der Waals surface area (Å²) in [5.74, 6) is 0.692. The summed E-state index contributed by atoms with van der Waals surface area (Å²) >= 11 is 0. The van der Waals surface area contributed by atoms with Gasteiger partial charge in [-0.05, 0) is 18.2 Å². The van der Waals surface area contributed by atoms with E-state index in [4.69, 9.17) is 18.9 Å². The van der Waals surface area contributed by atoms with E-state index in [1.807, 2.05) is 0 Å². The number of ether oxygens (including phenoxy) is 4. The van der Waals surface area contributed by atoms with Gasteiger partial charge in [-0.3, -0.25) is 19.7 Å². The van der Waals surface area contributed by atoms with Crippen molar-refractivity contribution >= 4 is 34.3 Å². The number of ketones is 1. The molecule has 13 nitrogen and oxygen atoms in total. The summed E-state index contributed by atoms with van der Waals surface area (Å²) < 4.78 is 22.0. The van der Waals surface area contributed by atoms with Crippen molar-refractivity contribution in [3.05, 3.63) is 51.8 Å². The number of methoxy groups -OCH3 is 3. The summed E-state index contributed by atoms with van der Waals surface area (Å²) in [4.78, 5) is 42.5. The number of fused-ring (bicyclic) bond motifs is 1. The fraction of sp³-hybridized carbons (Fsp3) is 0.304. The maximum absolute atomic E-state index is 12.7. The number of hydrazone groups is 1. The van der Waals surface area contributed by atoms with E-state index in [0.717, 1.165) is 0 Å². The van der Waals surface area contributed by atoms with E-state index >= 15 is 0 Å². The molecule has 3 aromatic rings. The van der Waals surface area contributed by atoms with Crippen LogP contribution in [-0.4, -0.2) is 58.8 Å². The van der Waals surface area contributed by atoms with Gasteiger partial charge in [-0.2, -0.15) is 5.01 Å². The Morgan fingerprint density at radius 2 is 1.83 bits per heavy atom. The van der Waals surface area contributed by atoms with Crippen molar-refractivity contribution in [2.45, 2.75) is 26.0 Å². The minimum Gasteiger partial charge on any atom is -0.493 e. The summed E-state index contributed by atoms with van der Waals surface area (Å²) in [5, 5.41) is 16.4. The maximum Gasteiger partial charge on any atom is 0.271 e. The van der Waals surface area contributed by atoms with Crippen molar-refractivity contribution in [2.75, 3.05) is 21.3 Å². The number of carbonyl (C=O) groups is 2. The van der Waals surface area contributed by atoms with Crippen LogP contribution in [0.4, 0.5) is 5.69 Å². The second-order valence-corrected chi connectivity index (χ2v) is 7.75. The number of rotatable bonds is 9. The largest absolute Gasteiger partial charge is 0.493 e. The third kappa shape index (κ3) is 4.62. The molecular weight excluding hydrogens is 474 g/mol. The highest BCUT2D eigenvalue weighted by molar-refractivity contribution is 5.98. The lowest BCUT2D eigenvalue weighted by molar-refractivity contribution is -0.384. The first-order valence-corrected chi connectivity index (χ1v) is 10.8. The molecule has 0 saturated carbocycles. The van der Waals surface area contributed by atoms with Crippen LogP contribution in [-0.2, 0) is 9.53 Å². The second-order valence-electron chi connectivity index (χ2n) is 7.75. The zero-order valence-corrected chi connectivity index (χ0v) is 19.9. The Labute approximate surface area is 204 Å². The molecule has 1 atom stereocenters. The SMILES string of the molecule is COc1cc(C2OC(CCC(=O)c3nc4ccc([N+](=O)[O-])cc4[nH]3)=NN2C(C)=O)cc(OC)c1OC. The van der Waals surface area contributed by atoms with Gasteiger partial charge in [0, 0.05) is 37.5 Å². The van der Waals surface area contributed by atoms with Gasteiger partial charge in [-0.15, -0.1) is 5.10 Å². The molecule has 1 aliphatic heterocycles. The standard InChI is InChI=1S/C23H23N5O8/c1-12(29)27-23(13-9-18(33-2)21(35-4)19(10-13)34-3)36-20(26-27)8-7-17(30)22-24-15-6-5-14(28(31)32)11-16(15)25-22/h5-6,9-11,23H,7-8H2,1-4H3,(H,24,25). The number of benzene rings is 2. The first-order valence-electron chi connectivity index (χ1n) is 10.8. The number of hydrogen-bond donors (Lipinski definition) is 1. The Morgan fingerprint density at radius 1 is 1.14 bits per heavy atom. The molecule has 1 aromatic heterocycles. The zero-order chi connectivity index (χ0) is 26.0. The van der Waals surface area contributed by atoms with E-state index in [2.05, 4.69) is 15.1 Å². The van der Waals surface area contributed by atoms with Crippen LogP contribution in [0.3, 0.4) is 0 Å². The van der Waals surface area contributed by atoms with Crippen LogP contribution in [0, 0.1) is 10.1 Å². The number of non-ortho nitro benzene ring substituents is 1. The average molecular weight is 497 g/mol. The number of Topliss-reactive ketones (excluding diaryl/α,β-unsaturated/α-hetero) is 1. The molecule has 2 aromatic carbocycles. The van der Waals surface area contributed by atoms with Gasteiger partial charge in [0.05, 0.1) is 37.3 Å². The predicted octanol–water partition coefficient (Wildman–Crippen LogP) is 3.35. The number of nitrogens with one attached hydrogen (secondary N) is 1. The Kier molecular flexibility index (Phi) is 6.72. The lowest BCUT2D eigenvalue weighted by Crippen LogP contribution is -2.25. The van der Waals surface area contributed by atoms with Crippen LogP contribution in [0.25, 0.3) is 11.0 Å². The van der Waals surface area contributed by atoms with Gasteiger partial charge in [0.1, 0.15) is 0 Å². The lowest BCUT2D eigenvalue weighted by Gasteiger charge is -2.21. The van der Waals surface area contributed by atoms with Crippen molar-refractivity contribution < 1.29 is 33.5 Å². The first-order chi connectivity index (χ1) is 17.2. The molecule has 0 fully saturated rings. The van der Waals surface area contributed by atoms with E-state index in [1.165, 1.54) is 51.5 Å². The number of nitrogens with zero attached hydrogens (tertiary/aromatic N) is 4. The fourth-order valence-corrected chi connectivity index (χ4v) is 3.75. The summed E-state index contributed by atoms with van der Waals surface area (Å²) in [6.07, 6.45) is -0.817. The number of nitro groups is 1. The lowest BCUT2D eigenvalue weighted by atomic mass is 10.1. The zero-order valence-electron chi connectivity index (χ0n) is 19.9. The third-order valence-electron chi connectivity index (χ3n) is 5.49. The van der Waals surface area contributed by atoms with Crippen LogP contribution in [0.5, 0.6) is 17.2 Å². The highest BCUT2D eigenvalue weighted by Gasteiger charge is 2.34. The molecule has 0 saturated heterocycles. The van der Waals surface area contributed by atoms with Crippen LogP contribution in [0.1, 0.15) is 42.2 Å². The van der Waals surface area contributed by atoms with Crippen molar-refractivity contribution in [1.82, 2.24) is 15.0 Å². The first kappa shape index (κ1) is 24.4. The van der Waals surface area contributed by atoms with Crippen molar-refractivity contribution in [1.29, 1.82) is 0 Å². The Hall–Kier alpha value is -4.68. The van der Waals surface area contributed by atoms with Crippen molar-refractivity contribution in [3.8, 4) is 17.2 Å². The van der Waals surface area contributed by atoms with Crippen LogP contribution >= 0.6 is 0 Å². The quantitative estimate of drug-likeness (QED) is 0.266. The molecule has 1 N–H and O–H groups in total. The second kappa shape index (κ2) is 9.90. The number of amides is 1. The van der Waals surface area contributed by atoms with Gasteiger partial charge in [-0.25, -0.2) is 4.98 Å². The molecule has 4 rings (SSSR count). The van der Waals surface area contributed by atoms with Gasteiger partial charge >= 0.3 is 0 Å². The average Bonchev–Trinajstić information content (AvgIpc) is 3.50. The predicted molar refractivity (Wildman–Crippen MR) is 126 cm³/mol. The normalized spacial score (nSPS) is 14.8. The fourth-order valence-electron chi connectivity index (χ4n) is 3.75. The molecule has 188 valence electrons. The Bertz CT molecular complexity index is 1360. The van der Waals surface area contributed by atoms with Gasteiger partial charge in [0.15, 0.2) is 23.1 Å². The number of nitro benzene ring substituents is 1. The Morgan fingerprint density at radius 3 is 2.42 bits per heavy atom. The minimum absolute atomic E-state index is 0.0194. The number of imidazole rings is 1. The Balaban J connectivity index is 1.51. The molecule has 1 unspecified atom stereocenters. The highest BCUT2D eigenvalue weighted by Crippen LogP contribution is 2.42. The van der Waals surface area contributed by atoms with E-state index in [0.29, 0.717) is 33.8 Å². The van der Waals surface area contributed by atoms with E-state index in [9.17, 15) is 19.7 Å². The highest BCUT2D eigenvalue weighted by atomic mass is 16.6. The summed E-state index contributed by atoms with van der Waals surface area (Å²) in [5.41, 5.74) is 1.24. The van der Waals surface area contributed by atoms with E-state index < -0.39 is 11.2 Å². The van der Waals surface area contributed by atoms with Crippen LogP contribution < -0.4 is 14.2 Å². The summed E-state index contributed by atoms with van der Waals surface area (Å²) in [7, 11) is 4.43. The van der Waals surface area contributed by atoms with Crippen molar-refractivity contribution in [2.24, 2.45) is 5.10 Å². The molecule has 1 amide bonds. The summed E-state index contributed by atoms with van der Waals surface area (Å²) in [6.45, 7) is 1.35. The topological polar surface area (TPSA) is 158 Å². The number of hydrogen-bond acceptors (Lipinski definition) is 10. The molecule has 0 spiro atoms. The van der Waals surface area contributed by atoms with Gasteiger partial charge < -0.3 is 23.9 Å². The number of aromatic nitrogens is 2. The van der Waals surface area contributed by atoms with Crippen LogP contribution in [0.2, 0.25) is 0 Å². The van der Waals surface area contributed by atoms with Crippen molar-refractivity contribution in [3.63, 3.8) is 0 Å². The number of H-pyrrole nitrogens is 1. The smallest absolute Gasteiger partial charge is 0.271 e. The molecule has 1 aliphatic rings. The molecule has 36 heavy (non-hydrogen) atoms. The van der Waals surface area contributed by atoms with Gasteiger partial charge in [0.2, 0.25) is 23.8 Å². The molecule has 0 radical (unpaired) electrons. The summed E-state index contributed by atoms with van der Waals surface area (Å²) in [6, 6.07) is 7.41. The minimum atomic E-state index is -0.895. The van der Waals surface area contributed by atoms with E-state index in [1.54, 1.807) is 12.1 Å². The monoisotopic (exact) mass is 497 g/mol. The molecule has 2 heterocycles. The third-order valence-corrected chi connectivity index (χ3v) is 5.49. The molecule has 13 heteroatoms. The van der Waals surface area contributed by atoms with E-state index in [-0.39, 0.29) is 41.9 Å². The number of aromatic amines is 1. The molecule has 0 aliphatic carbocycles. The maximum atomic E-state index is 12.7.